The maximum atomic E-state index is 11.5. The number of carbonyl (C=O) groups excluding carboxylic acids is 1. The van der Waals surface area contributed by atoms with Gasteiger partial charge in [-0.05, 0) is 37.8 Å². The zero-order valence-electron chi connectivity index (χ0n) is 11.2. The third-order valence-corrected chi connectivity index (χ3v) is 3.72. The number of hydrogen-bond donors (Lipinski definition) is 2. The van der Waals surface area contributed by atoms with E-state index in [0.29, 0.717) is 13.2 Å². The number of primary amides is 1. The minimum atomic E-state index is -0.490. The molecule has 19 heavy (non-hydrogen) atoms. The van der Waals surface area contributed by atoms with Crippen LogP contribution in [0, 0.1) is 0 Å². The highest BCUT2D eigenvalue weighted by molar-refractivity contribution is 5.85. The second-order valence-corrected chi connectivity index (χ2v) is 5.12. The van der Waals surface area contributed by atoms with Crippen LogP contribution < -0.4 is 11.1 Å². The van der Waals surface area contributed by atoms with Crippen LogP contribution in [0.15, 0.2) is 30.3 Å². The normalized spacial score (nSPS) is 22.5. The van der Waals surface area contributed by atoms with Crippen LogP contribution >= 0.6 is 0 Å². The zero-order chi connectivity index (χ0) is 13.6. The first-order valence-electron chi connectivity index (χ1n) is 6.90. The summed E-state index contributed by atoms with van der Waals surface area (Å²) < 4.78 is 5.62. The number of benzene rings is 1. The lowest BCUT2D eigenvalue weighted by Crippen LogP contribution is -2.51. The lowest BCUT2D eigenvalue weighted by atomic mass is 9.91. The van der Waals surface area contributed by atoms with Crippen LogP contribution in [0.1, 0.15) is 31.2 Å². The Bertz CT molecular complexity index is 400. The predicted molar refractivity (Wildman–Crippen MR) is 74.5 cm³/mol. The summed E-state index contributed by atoms with van der Waals surface area (Å²) in [5.41, 5.74) is 6.18. The molecule has 3 N–H and O–H groups in total. The van der Waals surface area contributed by atoms with E-state index >= 15 is 0 Å². The summed E-state index contributed by atoms with van der Waals surface area (Å²) in [4.78, 5) is 11.5. The van der Waals surface area contributed by atoms with Crippen molar-refractivity contribution in [3.63, 3.8) is 0 Å². The Morgan fingerprint density at radius 2 is 2.16 bits per heavy atom. The number of rotatable bonds is 7. The Morgan fingerprint density at radius 1 is 1.37 bits per heavy atom. The summed E-state index contributed by atoms with van der Waals surface area (Å²) >= 11 is 0. The second-order valence-electron chi connectivity index (χ2n) is 5.12. The van der Waals surface area contributed by atoms with E-state index in [1.54, 1.807) is 0 Å². The van der Waals surface area contributed by atoms with Gasteiger partial charge in [-0.25, -0.2) is 0 Å². The first-order chi connectivity index (χ1) is 9.23. The molecule has 0 spiro atoms. The molecule has 1 unspecified atom stereocenters. The van der Waals surface area contributed by atoms with Crippen molar-refractivity contribution in [2.75, 3.05) is 13.2 Å². The molecule has 1 aliphatic heterocycles. The summed E-state index contributed by atoms with van der Waals surface area (Å²) in [6.07, 6.45) is 3.48. The van der Waals surface area contributed by atoms with Gasteiger partial charge in [0, 0.05) is 6.61 Å². The first-order valence-corrected chi connectivity index (χ1v) is 6.90. The highest BCUT2D eigenvalue weighted by Crippen LogP contribution is 2.24. The molecule has 0 bridgehead atoms. The van der Waals surface area contributed by atoms with Crippen molar-refractivity contribution >= 4 is 5.91 Å². The van der Waals surface area contributed by atoms with E-state index in [0.717, 1.165) is 32.2 Å². The van der Waals surface area contributed by atoms with Crippen LogP contribution in [-0.4, -0.2) is 24.6 Å². The average Bonchev–Trinajstić information content (AvgIpc) is 2.90. The van der Waals surface area contributed by atoms with E-state index in [4.69, 9.17) is 10.5 Å². The number of nitrogens with one attached hydrogen (secondary N) is 1. The van der Waals surface area contributed by atoms with Crippen LogP contribution in [-0.2, 0) is 16.1 Å². The fourth-order valence-electron chi connectivity index (χ4n) is 2.59. The van der Waals surface area contributed by atoms with E-state index in [1.807, 2.05) is 30.3 Å². The Labute approximate surface area is 114 Å². The van der Waals surface area contributed by atoms with Crippen LogP contribution in [0.4, 0.5) is 0 Å². The molecule has 1 aliphatic rings. The third-order valence-electron chi connectivity index (χ3n) is 3.72. The molecule has 1 amide bonds. The van der Waals surface area contributed by atoms with E-state index < -0.39 is 5.54 Å². The molecule has 0 aliphatic carbocycles. The standard InChI is InChI=1S/C15H22N2O2/c16-14(18)15(8-4-10-17-15)9-5-11-19-12-13-6-2-1-3-7-13/h1-3,6-7,17H,4-5,8-12H2,(H2,16,18). The Kier molecular flexibility index (Phi) is 4.93. The molecule has 1 aromatic rings. The molecule has 1 saturated heterocycles. The SMILES string of the molecule is NC(=O)C1(CCCOCc2ccccc2)CCCN1. The second kappa shape index (κ2) is 6.68. The predicted octanol–water partition coefficient (Wildman–Crippen LogP) is 1.59. The molecular weight excluding hydrogens is 240 g/mol. The zero-order valence-corrected chi connectivity index (χ0v) is 11.2. The number of hydrogen-bond acceptors (Lipinski definition) is 3. The van der Waals surface area contributed by atoms with Gasteiger partial charge >= 0.3 is 0 Å². The molecular formula is C15H22N2O2. The van der Waals surface area contributed by atoms with Crippen LogP contribution in [0.5, 0.6) is 0 Å². The van der Waals surface area contributed by atoms with Gasteiger partial charge in [-0.2, -0.15) is 0 Å². The molecule has 0 saturated carbocycles. The van der Waals surface area contributed by atoms with E-state index in [9.17, 15) is 4.79 Å². The van der Waals surface area contributed by atoms with Gasteiger partial charge in [0.15, 0.2) is 0 Å². The number of nitrogens with two attached hydrogens (primary N) is 1. The summed E-state index contributed by atoms with van der Waals surface area (Å²) in [5, 5.41) is 3.25. The lowest BCUT2D eigenvalue weighted by Gasteiger charge is -2.25. The Morgan fingerprint density at radius 3 is 2.79 bits per heavy atom. The van der Waals surface area contributed by atoms with Gasteiger partial charge in [-0.15, -0.1) is 0 Å². The highest BCUT2D eigenvalue weighted by Gasteiger charge is 2.38. The molecule has 4 nitrogen and oxygen atoms in total. The van der Waals surface area contributed by atoms with Gasteiger partial charge < -0.3 is 15.8 Å². The quantitative estimate of drug-likeness (QED) is 0.733. The third kappa shape index (κ3) is 3.78. The molecule has 104 valence electrons. The van der Waals surface area contributed by atoms with Crippen molar-refractivity contribution in [1.29, 1.82) is 0 Å². The van der Waals surface area contributed by atoms with Gasteiger partial charge in [0.25, 0.3) is 0 Å². The molecule has 1 fully saturated rings. The minimum Gasteiger partial charge on any atom is -0.377 e. The van der Waals surface area contributed by atoms with Crippen molar-refractivity contribution in [3.05, 3.63) is 35.9 Å². The van der Waals surface area contributed by atoms with Gasteiger partial charge in [0.1, 0.15) is 0 Å². The van der Waals surface area contributed by atoms with Crippen molar-refractivity contribution in [2.24, 2.45) is 5.73 Å². The number of amides is 1. The number of ether oxygens (including phenoxy) is 1. The van der Waals surface area contributed by atoms with E-state index in [1.165, 1.54) is 5.56 Å². The van der Waals surface area contributed by atoms with Crippen molar-refractivity contribution in [3.8, 4) is 0 Å². The van der Waals surface area contributed by atoms with Crippen LogP contribution in [0.25, 0.3) is 0 Å². The lowest BCUT2D eigenvalue weighted by molar-refractivity contribution is -0.124. The maximum Gasteiger partial charge on any atom is 0.237 e. The molecule has 0 radical (unpaired) electrons. The summed E-state index contributed by atoms with van der Waals surface area (Å²) in [6, 6.07) is 10.1. The first kappa shape index (κ1) is 14.0. The molecule has 4 heteroatoms. The molecule has 1 heterocycles. The maximum absolute atomic E-state index is 11.5. The fourth-order valence-corrected chi connectivity index (χ4v) is 2.59. The van der Waals surface area contributed by atoms with E-state index in [2.05, 4.69) is 5.32 Å². The van der Waals surface area contributed by atoms with Crippen molar-refractivity contribution < 1.29 is 9.53 Å². The monoisotopic (exact) mass is 262 g/mol. The minimum absolute atomic E-state index is 0.229. The summed E-state index contributed by atoms with van der Waals surface area (Å²) in [5.74, 6) is -0.229. The molecule has 2 rings (SSSR count). The molecule has 1 atom stereocenters. The number of carbonyl (C=O) groups is 1. The van der Waals surface area contributed by atoms with Crippen LogP contribution in [0.2, 0.25) is 0 Å². The highest BCUT2D eigenvalue weighted by atomic mass is 16.5. The summed E-state index contributed by atoms with van der Waals surface area (Å²) in [7, 11) is 0. The molecule has 1 aromatic carbocycles. The average molecular weight is 262 g/mol. The van der Waals surface area contributed by atoms with Crippen molar-refractivity contribution in [1.82, 2.24) is 5.32 Å². The Balaban J connectivity index is 1.67. The van der Waals surface area contributed by atoms with Crippen molar-refractivity contribution in [2.45, 2.75) is 37.8 Å². The topological polar surface area (TPSA) is 64.4 Å². The largest absolute Gasteiger partial charge is 0.377 e. The van der Waals surface area contributed by atoms with Gasteiger partial charge in [0.2, 0.25) is 5.91 Å². The van der Waals surface area contributed by atoms with Gasteiger partial charge in [0.05, 0.1) is 12.1 Å². The summed E-state index contributed by atoms with van der Waals surface area (Å²) in [6.45, 7) is 2.16. The van der Waals surface area contributed by atoms with Gasteiger partial charge in [-0.3, -0.25) is 4.79 Å². The fraction of sp³-hybridized carbons (Fsp3) is 0.533. The van der Waals surface area contributed by atoms with Gasteiger partial charge in [-0.1, -0.05) is 30.3 Å². The molecule has 0 aromatic heterocycles. The van der Waals surface area contributed by atoms with E-state index in [-0.39, 0.29) is 5.91 Å². The Hall–Kier alpha value is -1.39. The smallest absolute Gasteiger partial charge is 0.237 e. The van der Waals surface area contributed by atoms with Crippen LogP contribution in [0.3, 0.4) is 0 Å².